The summed E-state index contributed by atoms with van der Waals surface area (Å²) < 4.78 is 0.645. The molecule has 3 rings (SSSR count). The average molecular weight is 422 g/mol. The molecular formula is C21H16BrN3O2. The first-order valence-electron chi connectivity index (χ1n) is 8.17. The van der Waals surface area contributed by atoms with Crippen molar-refractivity contribution in [2.24, 2.45) is 0 Å². The van der Waals surface area contributed by atoms with Crippen molar-refractivity contribution in [1.29, 1.82) is 0 Å². The smallest absolute Gasteiger partial charge is 0.272 e. The van der Waals surface area contributed by atoms with Crippen LogP contribution in [0.1, 0.15) is 15.9 Å². The maximum Gasteiger partial charge on any atom is 0.272 e. The number of pyridine rings is 1. The minimum absolute atomic E-state index is 0.118. The zero-order valence-corrected chi connectivity index (χ0v) is 15.8. The number of carbonyl (C=O) groups is 2. The molecule has 0 unspecified atom stereocenters. The zero-order valence-electron chi connectivity index (χ0n) is 14.2. The predicted octanol–water partition coefficient (Wildman–Crippen LogP) is 4.25. The SMILES string of the molecule is O=C(Nc1ccccc1)/C(=C\c1cccnc1)NC(=O)c1ccccc1Br. The number of para-hydroxylation sites is 1. The number of carbonyl (C=O) groups excluding carboxylic acids is 2. The molecule has 3 aromatic rings. The molecule has 0 saturated carbocycles. The second-order valence-electron chi connectivity index (χ2n) is 5.60. The third-order valence-corrected chi connectivity index (χ3v) is 4.33. The van der Waals surface area contributed by atoms with Gasteiger partial charge in [0, 0.05) is 22.6 Å². The van der Waals surface area contributed by atoms with Gasteiger partial charge in [0.1, 0.15) is 5.70 Å². The van der Waals surface area contributed by atoms with Gasteiger partial charge < -0.3 is 10.6 Å². The van der Waals surface area contributed by atoms with Gasteiger partial charge in [-0.2, -0.15) is 0 Å². The Hall–Kier alpha value is -3.25. The maximum atomic E-state index is 12.7. The highest BCUT2D eigenvalue weighted by atomic mass is 79.9. The molecule has 0 spiro atoms. The maximum absolute atomic E-state index is 12.7. The highest BCUT2D eigenvalue weighted by Crippen LogP contribution is 2.17. The van der Waals surface area contributed by atoms with Crippen LogP contribution in [0.4, 0.5) is 5.69 Å². The van der Waals surface area contributed by atoms with Gasteiger partial charge in [0.15, 0.2) is 0 Å². The van der Waals surface area contributed by atoms with Crippen molar-refractivity contribution < 1.29 is 9.59 Å². The van der Waals surface area contributed by atoms with Gasteiger partial charge >= 0.3 is 0 Å². The summed E-state index contributed by atoms with van der Waals surface area (Å²) in [7, 11) is 0. The number of benzene rings is 2. The number of nitrogens with one attached hydrogen (secondary N) is 2. The van der Waals surface area contributed by atoms with Crippen molar-refractivity contribution in [3.05, 3.63) is 100 Å². The van der Waals surface area contributed by atoms with E-state index in [0.29, 0.717) is 21.3 Å². The van der Waals surface area contributed by atoms with Gasteiger partial charge in [-0.25, -0.2) is 0 Å². The fourth-order valence-electron chi connectivity index (χ4n) is 2.34. The molecule has 0 radical (unpaired) electrons. The third-order valence-electron chi connectivity index (χ3n) is 3.64. The number of amides is 2. The van der Waals surface area contributed by atoms with Crippen LogP contribution < -0.4 is 10.6 Å². The van der Waals surface area contributed by atoms with Crippen LogP contribution in [0.5, 0.6) is 0 Å². The molecule has 0 fully saturated rings. The Morgan fingerprint density at radius 1 is 0.926 bits per heavy atom. The average Bonchev–Trinajstić information content (AvgIpc) is 2.69. The van der Waals surface area contributed by atoms with Gasteiger partial charge in [0.25, 0.3) is 11.8 Å². The quantitative estimate of drug-likeness (QED) is 0.604. The standard InChI is InChI=1S/C21H16BrN3O2/c22-18-11-5-4-10-17(18)20(26)25-19(13-15-7-6-12-23-14-15)21(27)24-16-8-2-1-3-9-16/h1-14H,(H,24,27)(H,25,26)/b19-13+. The summed E-state index contributed by atoms with van der Waals surface area (Å²) in [6.45, 7) is 0. The first-order valence-corrected chi connectivity index (χ1v) is 8.97. The molecule has 0 aliphatic heterocycles. The monoisotopic (exact) mass is 421 g/mol. The Kier molecular flexibility index (Phi) is 6.12. The van der Waals surface area contributed by atoms with Crippen molar-refractivity contribution in [2.75, 3.05) is 5.32 Å². The molecule has 1 heterocycles. The summed E-state index contributed by atoms with van der Waals surface area (Å²) in [5.41, 5.74) is 1.88. The lowest BCUT2D eigenvalue weighted by atomic mass is 10.2. The van der Waals surface area contributed by atoms with E-state index in [9.17, 15) is 9.59 Å². The second-order valence-corrected chi connectivity index (χ2v) is 6.45. The molecule has 2 amide bonds. The van der Waals surface area contributed by atoms with Crippen molar-refractivity contribution in [3.63, 3.8) is 0 Å². The molecule has 0 aliphatic rings. The summed E-state index contributed by atoms with van der Waals surface area (Å²) in [5, 5.41) is 5.47. The molecule has 2 N–H and O–H groups in total. The van der Waals surface area contributed by atoms with Crippen molar-refractivity contribution in [1.82, 2.24) is 10.3 Å². The minimum Gasteiger partial charge on any atom is -0.321 e. The number of hydrogen-bond donors (Lipinski definition) is 2. The Labute approximate surface area is 165 Å². The van der Waals surface area contributed by atoms with Crippen LogP contribution in [0, 0.1) is 0 Å². The van der Waals surface area contributed by atoms with Crippen LogP contribution in [-0.4, -0.2) is 16.8 Å². The molecule has 2 aromatic carbocycles. The number of aromatic nitrogens is 1. The molecule has 1 aromatic heterocycles. The van der Waals surface area contributed by atoms with E-state index in [1.807, 2.05) is 24.3 Å². The van der Waals surface area contributed by atoms with Gasteiger partial charge in [-0.05, 0) is 57.9 Å². The van der Waals surface area contributed by atoms with Crippen molar-refractivity contribution >= 4 is 39.5 Å². The van der Waals surface area contributed by atoms with Crippen LogP contribution in [-0.2, 0) is 4.79 Å². The molecular weight excluding hydrogens is 406 g/mol. The van der Waals surface area contributed by atoms with Gasteiger partial charge in [-0.15, -0.1) is 0 Å². The van der Waals surface area contributed by atoms with E-state index in [2.05, 4.69) is 31.5 Å². The molecule has 0 saturated heterocycles. The van der Waals surface area contributed by atoms with E-state index >= 15 is 0 Å². The summed E-state index contributed by atoms with van der Waals surface area (Å²) in [6.07, 6.45) is 4.83. The van der Waals surface area contributed by atoms with E-state index in [1.165, 1.54) is 0 Å². The summed E-state index contributed by atoms with van der Waals surface area (Å²) in [4.78, 5) is 29.4. The molecule has 6 heteroatoms. The first kappa shape index (κ1) is 18.5. The summed E-state index contributed by atoms with van der Waals surface area (Å²) in [6, 6.07) is 19.6. The zero-order chi connectivity index (χ0) is 19.1. The predicted molar refractivity (Wildman–Crippen MR) is 109 cm³/mol. The van der Waals surface area contributed by atoms with Crippen LogP contribution >= 0.6 is 15.9 Å². The highest BCUT2D eigenvalue weighted by Gasteiger charge is 2.16. The van der Waals surface area contributed by atoms with Gasteiger partial charge in [0.05, 0.1) is 5.56 Å². The lowest BCUT2D eigenvalue weighted by Crippen LogP contribution is -2.31. The molecule has 27 heavy (non-hydrogen) atoms. The molecule has 0 bridgehead atoms. The van der Waals surface area contributed by atoms with Crippen molar-refractivity contribution in [3.8, 4) is 0 Å². The van der Waals surface area contributed by atoms with Crippen LogP contribution in [0.15, 0.2) is 89.3 Å². The van der Waals surface area contributed by atoms with E-state index in [1.54, 1.807) is 60.9 Å². The van der Waals surface area contributed by atoms with Gasteiger partial charge in [-0.3, -0.25) is 14.6 Å². The minimum atomic E-state index is -0.426. The third kappa shape index (κ3) is 5.12. The van der Waals surface area contributed by atoms with Crippen molar-refractivity contribution in [2.45, 2.75) is 0 Å². The Bertz CT molecular complexity index is 973. The largest absolute Gasteiger partial charge is 0.321 e. The van der Waals surface area contributed by atoms with E-state index in [0.717, 1.165) is 0 Å². The van der Waals surface area contributed by atoms with E-state index in [-0.39, 0.29) is 11.6 Å². The van der Waals surface area contributed by atoms with E-state index in [4.69, 9.17) is 0 Å². The number of halogens is 1. The number of rotatable bonds is 5. The van der Waals surface area contributed by atoms with Crippen LogP contribution in [0.3, 0.4) is 0 Å². The fourth-order valence-corrected chi connectivity index (χ4v) is 2.81. The lowest BCUT2D eigenvalue weighted by molar-refractivity contribution is -0.113. The van der Waals surface area contributed by atoms with Crippen LogP contribution in [0.2, 0.25) is 0 Å². The van der Waals surface area contributed by atoms with E-state index < -0.39 is 5.91 Å². The topological polar surface area (TPSA) is 71.1 Å². The number of hydrogen-bond acceptors (Lipinski definition) is 3. The highest BCUT2D eigenvalue weighted by molar-refractivity contribution is 9.10. The van der Waals surface area contributed by atoms with Gasteiger partial charge in [0.2, 0.25) is 0 Å². The second kappa shape index (κ2) is 8.91. The Balaban J connectivity index is 1.88. The molecule has 134 valence electrons. The lowest BCUT2D eigenvalue weighted by Gasteiger charge is -2.12. The summed E-state index contributed by atoms with van der Waals surface area (Å²) in [5.74, 6) is -0.814. The molecule has 5 nitrogen and oxygen atoms in total. The number of nitrogens with zero attached hydrogens (tertiary/aromatic N) is 1. The fraction of sp³-hybridized carbons (Fsp3) is 0. The first-order chi connectivity index (χ1) is 13.1. The Morgan fingerprint density at radius 2 is 1.67 bits per heavy atom. The number of anilines is 1. The van der Waals surface area contributed by atoms with Gasteiger partial charge in [-0.1, -0.05) is 36.4 Å². The molecule has 0 atom stereocenters. The normalized spacial score (nSPS) is 10.9. The Morgan fingerprint density at radius 3 is 2.37 bits per heavy atom. The molecule has 0 aliphatic carbocycles. The van der Waals surface area contributed by atoms with Crippen LogP contribution in [0.25, 0.3) is 6.08 Å². The summed E-state index contributed by atoms with van der Waals surface area (Å²) >= 11 is 3.35.